The van der Waals surface area contributed by atoms with Crippen molar-refractivity contribution in [2.75, 3.05) is 0 Å². The van der Waals surface area contributed by atoms with Gasteiger partial charge in [-0.25, -0.2) is 0 Å². The van der Waals surface area contributed by atoms with Crippen LogP contribution in [0.5, 0.6) is 0 Å². The average molecular weight is 611 g/mol. The molecule has 0 bridgehead atoms. The molecule has 0 unspecified atom stereocenters. The van der Waals surface area contributed by atoms with Gasteiger partial charge in [0.2, 0.25) is 0 Å². The fourth-order valence-corrected chi connectivity index (χ4v) is 9.70. The lowest BCUT2D eigenvalue weighted by atomic mass is 9.80. The van der Waals surface area contributed by atoms with Gasteiger partial charge in [0.1, 0.15) is 0 Å². The van der Waals surface area contributed by atoms with Crippen LogP contribution in [0.15, 0.2) is 48.5 Å². The van der Waals surface area contributed by atoms with Crippen molar-refractivity contribution < 1.29 is 19.2 Å². The zero-order valence-electron chi connectivity index (χ0n) is 26.5. The number of hydrogen-bond acceptors (Lipinski definition) is 4. The Morgan fingerprint density at radius 1 is 0.435 bits per heavy atom. The Hall–Kier alpha value is -4.32. The predicted octanol–water partition coefficient (Wildman–Crippen LogP) is 8.87. The molecule has 2 aliphatic carbocycles. The van der Waals surface area contributed by atoms with E-state index in [2.05, 4.69) is 0 Å². The summed E-state index contributed by atoms with van der Waals surface area (Å²) < 4.78 is 0. The Labute approximate surface area is 268 Å². The SMILES string of the molecule is C[C@H](C1CCCCC1)N1C(=O)c2ccc3c4ccc5c6c(ccc(c7ccc(c2c37)C1=O)c64)C(=O)N([C@H](C)C1CCCCC1)C5=O. The Morgan fingerprint density at radius 2 is 0.717 bits per heavy atom. The van der Waals surface area contributed by atoms with Crippen LogP contribution in [-0.2, 0) is 0 Å². The highest BCUT2D eigenvalue weighted by molar-refractivity contribution is 6.41. The molecule has 0 N–H and O–H groups in total. The van der Waals surface area contributed by atoms with Crippen LogP contribution in [0.25, 0.3) is 43.1 Å². The molecule has 5 aromatic carbocycles. The highest BCUT2D eigenvalue weighted by atomic mass is 16.2. The molecule has 4 amide bonds. The maximum absolute atomic E-state index is 14.1. The van der Waals surface area contributed by atoms with Gasteiger partial charge in [-0.3, -0.25) is 29.0 Å². The third kappa shape index (κ3) is 3.64. The number of hydrogen-bond donors (Lipinski definition) is 0. The third-order valence-corrected chi connectivity index (χ3v) is 12.2. The molecule has 0 radical (unpaired) electrons. The molecule has 2 saturated carbocycles. The summed E-state index contributed by atoms with van der Waals surface area (Å²) in [5.41, 5.74) is 2.29. The summed E-state index contributed by atoms with van der Waals surface area (Å²) in [4.78, 5) is 59.4. The molecule has 0 spiro atoms. The van der Waals surface area contributed by atoms with E-state index in [-0.39, 0.29) is 35.7 Å². The van der Waals surface area contributed by atoms with Crippen LogP contribution in [0.2, 0.25) is 0 Å². The molecule has 2 fully saturated rings. The Balaban J connectivity index is 1.22. The quantitative estimate of drug-likeness (QED) is 0.116. The van der Waals surface area contributed by atoms with Gasteiger partial charge in [-0.2, -0.15) is 0 Å². The molecular formula is C40H38N2O4. The van der Waals surface area contributed by atoms with Gasteiger partial charge in [-0.15, -0.1) is 0 Å². The third-order valence-electron chi connectivity index (χ3n) is 12.2. The van der Waals surface area contributed by atoms with Crippen molar-refractivity contribution >= 4 is 66.7 Å². The van der Waals surface area contributed by atoms with E-state index >= 15 is 0 Å². The van der Waals surface area contributed by atoms with E-state index in [1.807, 2.05) is 62.4 Å². The molecule has 4 aliphatic rings. The van der Waals surface area contributed by atoms with Crippen molar-refractivity contribution in [2.45, 2.75) is 90.1 Å². The molecule has 2 aliphatic heterocycles. The number of fused-ring (bicyclic) bond motifs is 2. The van der Waals surface area contributed by atoms with Crippen LogP contribution >= 0.6 is 0 Å². The minimum absolute atomic E-state index is 0.150. The first kappa shape index (κ1) is 27.9. The standard InChI is InChI=1S/C40H38N2O4/c1-21(23-9-5-3-6-10-23)41-37(43)29-17-13-25-27-15-19-31-36-32(40(46)42(39(31)45)22(2)24-11-7-4-8-12-24)20-16-28(34(27)36)26-14-18-30(38(41)44)35(29)33(25)26/h13-24H,3-12H2,1-2H3/t21-,22-/m1/s1. The largest absolute Gasteiger partial charge is 0.271 e. The van der Waals surface area contributed by atoms with E-state index in [0.717, 1.165) is 94.5 Å². The van der Waals surface area contributed by atoms with Gasteiger partial charge < -0.3 is 0 Å². The first-order valence-electron chi connectivity index (χ1n) is 17.3. The lowest BCUT2D eigenvalue weighted by Crippen LogP contribution is -2.49. The molecule has 6 heteroatoms. The van der Waals surface area contributed by atoms with E-state index in [9.17, 15) is 19.2 Å². The molecule has 6 nitrogen and oxygen atoms in total. The van der Waals surface area contributed by atoms with Crippen LogP contribution in [0, 0.1) is 11.8 Å². The smallest absolute Gasteiger partial charge is 0.261 e. The van der Waals surface area contributed by atoms with Crippen LogP contribution in [-0.4, -0.2) is 45.5 Å². The minimum atomic E-state index is -0.210. The lowest BCUT2D eigenvalue weighted by molar-refractivity contribution is 0.0460. The van der Waals surface area contributed by atoms with Gasteiger partial charge in [-0.1, -0.05) is 62.8 Å². The molecule has 46 heavy (non-hydrogen) atoms. The van der Waals surface area contributed by atoms with Crippen molar-refractivity contribution in [3.63, 3.8) is 0 Å². The van der Waals surface area contributed by atoms with Gasteiger partial charge in [-0.05, 0) is 108 Å². The Kier molecular flexibility index (Phi) is 6.13. The molecule has 0 saturated heterocycles. The van der Waals surface area contributed by atoms with E-state index in [1.165, 1.54) is 22.6 Å². The first-order chi connectivity index (χ1) is 22.4. The fourth-order valence-electron chi connectivity index (χ4n) is 9.70. The second-order valence-electron chi connectivity index (χ2n) is 14.4. The normalized spacial score (nSPS) is 21.0. The monoisotopic (exact) mass is 610 g/mol. The summed E-state index contributed by atoms with van der Waals surface area (Å²) in [6.07, 6.45) is 11.2. The minimum Gasteiger partial charge on any atom is -0.271 e. The van der Waals surface area contributed by atoms with Gasteiger partial charge in [0.25, 0.3) is 23.6 Å². The molecule has 2 atom stereocenters. The van der Waals surface area contributed by atoms with Crippen molar-refractivity contribution in [3.05, 3.63) is 70.8 Å². The second kappa shape index (κ2) is 10.1. The van der Waals surface area contributed by atoms with E-state index in [1.54, 1.807) is 0 Å². The van der Waals surface area contributed by atoms with Crippen LogP contribution in [0.4, 0.5) is 0 Å². The average Bonchev–Trinajstić information content (AvgIpc) is 3.09. The maximum Gasteiger partial charge on any atom is 0.261 e. The second-order valence-corrected chi connectivity index (χ2v) is 14.4. The van der Waals surface area contributed by atoms with Gasteiger partial charge >= 0.3 is 0 Å². The van der Waals surface area contributed by atoms with Gasteiger partial charge in [0.05, 0.1) is 0 Å². The number of rotatable bonds is 4. The first-order valence-corrected chi connectivity index (χ1v) is 17.3. The van der Waals surface area contributed by atoms with Crippen molar-refractivity contribution in [1.29, 1.82) is 0 Å². The van der Waals surface area contributed by atoms with Crippen LogP contribution in [0.1, 0.15) is 119 Å². The van der Waals surface area contributed by atoms with Gasteiger partial charge in [0, 0.05) is 45.1 Å². The van der Waals surface area contributed by atoms with E-state index in [4.69, 9.17) is 0 Å². The van der Waals surface area contributed by atoms with E-state index < -0.39 is 0 Å². The summed E-state index contributed by atoms with van der Waals surface area (Å²) in [5, 5.41) is 6.96. The number of nitrogens with zero attached hydrogens (tertiary/aromatic N) is 2. The Bertz CT molecular complexity index is 1880. The van der Waals surface area contributed by atoms with Gasteiger partial charge in [0.15, 0.2) is 0 Å². The summed E-state index contributed by atoms with van der Waals surface area (Å²) in [5.74, 6) is -0.182. The summed E-state index contributed by atoms with van der Waals surface area (Å²) in [6.45, 7) is 4.07. The van der Waals surface area contributed by atoms with E-state index in [0.29, 0.717) is 34.1 Å². The lowest BCUT2D eigenvalue weighted by Gasteiger charge is -2.38. The summed E-state index contributed by atoms with van der Waals surface area (Å²) >= 11 is 0. The summed E-state index contributed by atoms with van der Waals surface area (Å²) in [6, 6.07) is 15.2. The number of carbonyl (C=O) groups excluding carboxylic acids is 4. The zero-order valence-corrected chi connectivity index (χ0v) is 26.5. The topological polar surface area (TPSA) is 74.8 Å². The zero-order chi connectivity index (χ0) is 31.4. The molecule has 232 valence electrons. The van der Waals surface area contributed by atoms with Crippen molar-refractivity contribution in [3.8, 4) is 0 Å². The van der Waals surface area contributed by atoms with Crippen molar-refractivity contribution in [2.24, 2.45) is 11.8 Å². The molecule has 9 rings (SSSR count). The van der Waals surface area contributed by atoms with Crippen molar-refractivity contribution in [1.82, 2.24) is 9.80 Å². The Morgan fingerprint density at radius 3 is 1.00 bits per heavy atom. The molecular weight excluding hydrogens is 572 g/mol. The number of amides is 4. The number of carbonyl (C=O) groups is 4. The summed E-state index contributed by atoms with van der Waals surface area (Å²) in [7, 11) is 0. The highest BCUT2D eigenvalue weighted by Crippen LogP contribution is 2.47. The highest BCUT2D eigenvalue weighted by Gasteiger charge is 2.42. The molecule has 0 aromatic heterocycles. The number of imide groups is 2. The molecule has 2 heterocycles. The fraction of sp³-hybridized carbons (Fsp3) is 0.400. The van der Waals surface area contributed by atoms with Crippen LogP contribution < -0.4 is 0 Å². The number of benzene rings is 5. The maximum atomic E-state index is 14.1. The van der Waals surface area contributed by atoms with Crippen LogP contribution in [0.3, 0.4) is 0 Å². The molecule has 5 aromatic rings. The predicted molar refractivity (Wildman–Crippen MR) is 181 cm³/mol.